The fourth-order valence-corrected chi connectivity index (χ4v) is 1.75. The molecule has 2 N–H and O–H groups in total. The van der Waals surface area contributed by atoms with Crippen molar-refractivity contribution in [3.05, 3.63) is 29.8 Å². The van der Waals surface area contributed by atoms with E-state index in [9.17, 15) is 18.3 Å². The number of anilines is 1. The highest BCUT2D eigenvalue weighted by molar-refractivity contribution is 5.54. The van der Waals surface area contributed by atoms with Crippen LogP contribution in [-0.2, 0) is 6.42 Å². The number of nitrogens with one attached hydrogen (secondary N) is 1. The first-order valence-corrected chi connectivity index (χ1v) is 4.57. The van der Waals surface area contributed by atoms with E-state index in [0.29, 0.717) is 11.3 Å². The summed E-state index contributed by atoms with van der Waals surface area (Å²) >= 11 is 0. The van der Waals surface area contributed by atoms with Crippen molar-refractivity contribution in [2.24, 2.45) is 0 Å². The van der Waals surface area contributed by atoms with Crippen LogP contribution in [-0.4, -0.2) is 23.4 Å². The number of rotatable bonds is 0. The van der Waals surface area contributed by atoms with Gasteiger partial charge in [-0.2, -0.15) is 13.2 Å². The van der Waals surface area contributed by atoms with Crippen LogP contribution in [0.5, 0.6) is 0 Å². The molecule has 0 fully saturated rings. The lowest BCUT2D eigenvalue weighted by Crippen LogP contribution is -2.49. The third-order valence-electron chi connectivity index (χ3n) is 2.49. The number of hydrogen-bond donors (Lipinski definition) is 2. The highest BCUT2D eigenvalue weighted by Crippen LogP contribution is 2.32. The summed E-state index contributed by atoms with van der Waals surface area (Å²) in [5.74, 6) is 0. The van der Waals surface area contributed by atoms with Crippen molar-refractivity contribution < 1.29 is 18.3 Å². The van der Waals surface area contributed by atoms with Crippen LogP contribution in [0.4, 0.5) is 18.9 Å². The molecule has 0 bridgehead atoms. The molecule has 2 atom stereocenters. The van der Waals surface area contributed by atoms with Gasteiger partial charge in [0, 0.05) is 12.1 Å². The number of hydrogen-bond acceptors (Lipinski definition) is 2. The van der Waals surface area contributed by atoms with Gasteiger partial charge in [0.1, 0.15) is 6.04 Å². The second-order valence-electron chi connectivity index (χ2n) is 3.59. The Hall–Kier alpha value is -1.23. The third kappa shape index (κ3) is 1.92. The second-order valence-corrected chi connectivity index (χ2v) is 3.59. The van der Waals surface area contributed by atoms with Crippen molar-refractivity contribution >= 4 is 5.69 Å². The molecule has 82 valence electrons. The van der Waals surface area contributed by atoms with Crippen molar-refractivity contribution in [2.45, 2.75) is 24.7 Å². The van der Waals surface area contributed by atoms with Gasteiger partial charge in [-0.05, 0) is 11.6 Å². The van der Waals surface area contributed by atoms with Gasteiger partial charge in [0.05, 0.1) is 6.10 Å². The second kappa shape index (κ2) is 3.41. The molecule has 0 spiro atoms. The summed E-state index contributed by atoms with van der Waals surface area (Å²) in [5.41, 5.74) is 1.16. The van der Waals surface area contributed by atoms with Crippen LogP contribution < -0.4 is 5.32 Å². The lowest BCUT2D eigenvalue weighted by molar-refractivity contribution is -0.163. The van der Waals surface area contributed by atoms with Crippen molar-refractivity contribution in [3.8, 4) is 0 Å². The molecule has 1 heterocycles. The lowest BCUT2D eigenvalue weighted by atomic mass is 9.95. The fraction of sp³-hybridized carbons (Fsp3) is 0.400. The fourth-order valence-electron chi connectivity index (χ4n) is 1.75. The molecule has 5 heteroatoms. The van der Waals surface area contributed by atoms with Crippen LogP contribution in [0.25, 0.3) is 0 Å². The maximum atomic E-state index is 12.5. The molecule has 0 radical (unpaired) electrons. The van der Waals surface area contributed by atoms with Gasteiger partial charge in [-0.3, -0.25) is 0 Å². The Kier molecular flexibility index (Phi) is 2.34. The van der Waals surface area contributed by atoms with Gasteiger partial charge in [-0.25, -0.2) is 0 Å². The van der Waals surface area contributed by atoms with E-state index in [0.717, 1.165) is 0 Å². The van der Waals surface area contributed by atoms with Gasteiger partial charge in [-0.1, -0.05) is 18.2 Å². The molecular weight excluding hydrogens is 207 g/mol. The summed E-state index contributed by atoms with van der Waals surface area (Å²) in [6.45, 7) is 0. The van der Waals surface area contributed by atoms with Crippen LogP contribution in [0.2, 0.25) is 0 Å². The number of benzene rings is 1. The Morgan fingerprint density at radius 1 is 1.27 bits per heavy atom. The van der Waals surface area contributed by atoms with Crippen molar-refractivity contribution in [3.63, 3.8) is 0 Å². The van der Waals surface area contributed by atoms with Crippen LogP contribution in [0.1, 0.15) is 5.56 Å². The van der Waals surface area contributed by atoms with Crippen molar-refractivity contribution in [1.82, 2.24) is 0 Å². The molecule has 1 aliphatic rings. The molecule has 0 saturated heterocycles. The lowest BCUT2D eigenvalue weighted by Gasteiger charge is -2.32. The predicted octanol–water partition coefficient (Wildman–Crippen LogP) is 1.95. The average Bonchev–Trinajstić information content (AvgIpc) is 2.15. The normalized spacial score (nSPS) is 25.6. The van der Waals surface area contributed by atoms with Crippen LogP contribution in [0.15, 0.2) is 24.3 Å². The summed E-state index contributed by atoms with van der Waals surface area (Å²) < 4.78 is 37.4. The van der Waals surface area contributed by atoms with Crippen molar-refractivity contribution in [1.29, 1.82) is 0 Å². The Morgan fingerprint density at radius 2 is 1.93 bits per heavy atom. The minimum atomic E-state index is -4.42. The molecule has 15 heavy (non-hydrogen) atoms. The number of para-hydroxylation sites is 1. The van der Waals surface area contributed by atoms with Gasteiger partial charge in [0.25, 0.3) is 0 Å². The van der Waals surface area contributed by atoms with Crippen LogP contribution in [0.3, 0.4) is 0 Å². The predicted molar refractivity (Wildman–Crippen MR) is 49.6 cm³/mol. The van der Waals surface area contributed by atoms with E-state index in [1.54, 1.807) is 24.3 Å². The summed E-state index contributed by atoms with van der Waals surface area (Å²) in [6, 6.07) is 4.82. The Balaban J connectivity index is 2.30. The highest BCUT2D eigenvalue weighted by atomic mass is 19.4. The highest BCUT2D eigenvalue weighted by Gasteiger charge is 2.46. The van der Waals surface area contributed by atoms with Gasteiger partial charge < -0.3 is 10.4 Å². The standard InChI is InChI=1S/C10H10F3NO/c11-10(12,13)9-8(15)5-6-3-1-2-4-7(6)14-9/h1-4,8-9,14-15H,5H2. The summed E-state index contributed by atoms with van der Waals surface area (Å²) in [6.07, 6.45) is -5.81. The summed E-state index contributed by atoms with van der Waals surface area (Å²) in [7, 11) is 0. The summed E-state index contributed by atoms with van der Waals surface area (Å²) in [4.78, 5) is 0. The smallest absolute Gasteiger partial charge is 0.390 e. The molecule has 1 aromatic rings. The molecule has 0 amide bonds. The maximum absolute atomic E-state index is 12.5. The maximum Gasteiger partial charge on any atom is 0.411 e. The van der Waals surface area contributed by atoms with E-state index in [2.05, 4.69) is 5.32 Å². The molecule has 1 aliphatic heterocycles. The zero-order valence-corrected chi connectivity index (χ0v) is 7.75. The van der Waals surface area contributed by atoms with E-state index in [-0.39, 0.29) is 6.42 Å². The van der Waals surface area contributed by atoms with Crippen LogP contribution >= 0.6 is 0 Å². The topological polar surface area (TPSA) is 32.3 Å². The summed E-state index contributed by atoms with van der Waals surface area (Å²) in [5, 5.41) is 11.7. The van der Waals surface area contributed by atoms with Crippen LogP contribution in [0, 0.1) is 0 Å². The number of aliphatic hydroxyl groups excluding tert-OH is 1. The molecular formula is C10H10F3NO. The first kappa shape index (κ1) is 10.3. The minimum Gasteiger partial charge on any atom is -0.390 e. The van der Waals surface area contributed by atoms with E-state index in [4.69, 9.17) is 0 Å². The largest absolute Gasteiger partial charge is 0.411 e. The molecule has 0 saturated carbocycles. The average molecular weight is 217 g/mol. The number of aliphatic hydroxyl groups is 1. The minimum absolute atomic E-state index is 0.0351. The third-order valence-corrected chi connectivity index (χ3v) is 2.49. The zero-order chi connectivity index (χ0) is 11.1. The van der Waals surface area contributed by atoms with Gasteiger partial charge in [0.15, 0.2) is 0 Å². The number of fused-ring (bicyclic) bond motifs is 1. The molecule has 0 aromatic heterocycles. The quantitative estimate of drug-likeness (QED) is 0.696. The van der Waals surface area contributed by atoms with E-state index >= 15 is 0 Å². The Bertz CT molecular complexity index is 364. The van der Waals surface area contributed by atoms with Gasteiger partial charge in [0.2, 0.25) is 0 Å². The first-order chi connectivity index (χ1) is 6.98. The van der Waals surface area contributed by atoms with E-state index in [1.165, 1.54) is 0 Å². The Morgan fingerprint density at radius 3 is 2.60 bits per heavy atom. The van der Waals surface area contributed by atoms with E-state index in [1.807, 2.05) is 0 Å². The monoisotopic (exact) mass is 217 g/mol. The number of alkyl halides is 3. The SMILES string of the molecule is OC1Cc2ccccc2NC1C(F)(F)F. The van der Waals surface area contributed by atoms with Gasteiger partial charge >= 0.3 is 6.18 Å². The molecule has 1 aromatic carbocycles. The van der Waals surface area contributed by atoms with E-state index < -0.39 is 18.3 Å². The number of halogens is 3. The molecule has 0 aliphatic carbocycles. The molecule has 2 nitrogen and oxygen atoms in total. The first-order valence-electron chi connectivity index (χ1n) is 4.57. The van der Waals surface area contributed by atoms with Gasteiger partial charge in [-0.15, -0.1) is 0 Å². The Labute approximate surface area is 84.7 Å². The molecule has 2 rings (SSSR count). The zero-order valence-electron chi connectivity index (χ0n) is 7.75. The molecule has 2 unspecified atom stereocenters. The van der Waals surface area contributed by atoms with Crippen molar-refractivity contribution in [2.75, 3.05) is 5.32 Å².